The van der Waals surface area contributed by atoms with Gasteiger partial charge in [-0.3, -0.25) is 14.5 Å². The standard InChI is InChI=1S/C23H18N6O7S2/c24-7-12-3-1-11(2-4-12)5-6-15-13(22(34)35)9-37-21-18(20(33)29(15)21)27-19(32)17(28-36-8-16(30)31)14-10-38-23(25)26-14/h1-6,10,18,21H,8-9H2,(H2,25,26)(H,27,32)(H,30,31)(H,34,35)/t18?,21-/m1/s1. The highest BCUT2D eigenvalue weighted by Crippen LogP contribution is 2.41. The second-order valence-electron chi connectivity index (χ2n) is 7.78. The van der Waals surface area contributed by atoms with Crippen LogP contribution in [0.1, 0.15) is 16.8 Å². The van der Waals surface area contributed by atoms with Gasteiger partial charge in [0, 0.05) is 11.1 Å². The number of allylic oxidation sites excluding steroid dienone is 1. The molecule has 1 unspecified atom stereocenters. The molecule has 0 aliphatic carbocycles. The molecule has 1 aromatic heterocycles. The number of nitrogens with one attached hydrogen (secondary N) is 1. The Labute approximate surface area is 222 Å². The molecule has 1 fully saturated rings. The summed E-state index contributed by atoms with van der Waals surface area (Å²) in [7, 11) is 0. The molecule has 0 radical (unpaired) electrons. The van der Waals surface area contributed by atoms with E-state index >= 15 is 0 Å². The van der Waals surface area contributed by atoms with Gasteiger partial charge >= 0.3 is 11.9 Å². The Morgan fingerprint density at radius 3 is 2.63 bits per heavy atom. The van der Waals surface area contributed by atoms with Gasteiger partial charge in [0.2, 0.25) is 6.61 Å². The van der Waals surface area contributed by atoms with Crippen LogP contribution in [0.3, 0.4) is 0 Å². The second-order valence-corrected chi connectivity index (χ2v) is 9.77. The molecule has 15 heteroatoms. The second kappa shape index (κ2) is 11.2. The maximum atomic E-state index is 13.1. The van der Waals surface area contributed by atoms with Crippen LogP contribution in [0.15, 0.2) is 52.1 Å². The Bertz CT molecular complexity index is 1440. The van der Waals surface area contributed by atoms with Crippen molar-refractivity contribution in [3.05, 3.63) is 63.8 Å². The van der Waals surface area contributed by atoms with Crippen molar-refractivity contribution >= 4 is 63.8 Å². The Balaban J connectivity index is 1.54. The van der Waals surface area contributed by atoms with Crippen molar-refractivity contribution in [1.82, 2.24) is 15.2 Å². The lowest BCUT2D eigenvalue weighted by molar-refractivity contribution is -0.144. The van der Waals surface area contributed by atoms with Gasteiger partial charge in [0.05, 0.1) is 22.9 Å². The van der Waals surface area contributed by atoms with E-state index in [0.717, 1.165) is 11.3 Å². The van der Waals surface area contributed by atoms with Gasteiger partial charge in [0.25, 0.3) is 11.8 Å². The number of anilines is 1. The number of carbonyl (C=O) groups excluding carboxylic acids is 2. The van der Waals surface area contributed by atoms with Crippen LogP contribution in [0.2, 0.25) is 0 Å². The topological polar surface area (TPSA) is 208 Å². The number of nitrogens with two attached hydrogens (primary N) is 1. The molecule has 2 aliphatic heterocycles. The number of benzene rings is 1. The van der Waals surface area contributed by atoms with E-state index in [9.17, 15) is 24.3 Å². The number of rotatable bonds is 9. The SMILES string of the molecule is N#Cc1ccc(C=CC2=C(C(=O)O)CS[C@@H]3C(NC(=O)C(=NOCC(=O)O)c4csc(N)n4)C(=O)N23)cc1. The minimum absolute atomic E-state index is 0.0246. The number of carboxylic acids is 2. The van der Waals surface area contributed by atoms with Gasteiger partial charge in [0.1, 0.15) is 17.1 Å². The number of aliphatic carboxylic acids is 2. The van der Waals surface area contributed by atoms with Crippen LogP contribution in [0.4, 0.5) is 5.13 Å². The maximum absolute atomic E-state index is 13.1. The number of oxime groups is 1. The number of aromatic nitrogens is 1. The molecule has 0 spiro atoms. The third kappa shape index (κ3) is 5.51. The lowest BCUT2D eigenvalue weighted by atomic mass is 10.0. The van der Waals surface area contributed by atoms with Crippen LogP contribution in [0.5, 0.6) is 0 Å². The van der Waals surface area contributed by atoms with E-state index in [1.807, 2.05) is 6.07 Å². The van der Waals surface area contributed by atoms with Gasteiger partial charge in [-0.25, -0.2) is 14.6 Å². The lowest BCUT2D eigenvalue weighted by Crippen LogP contribution is -2.70. The van der Waals surface area contributed by atoms with Crippen molar-refractivity contribution in [1.29, 1.82) is 5.26 Å². The number of β-lactam (4-membered cyclic amide) rings is 1. The van der Waals surface area contributed by atoms with Crippen LogP contribution >= 0.6 is 23.1 Å². The fraction of sp³-hybridized carbons (Fsp3) is 0.174. The summed E-state index contributed by atoms with van der Waals surface area (Å²) in [6.45, 7) is -0.803. The molecule has 194 valence electrons. The van der Waals surface area contributed by atoms with Crippen LogP contribution in [-0.4, -0.2) is 73.3 Å². The number of fused-ring (bicyclic) bond motifs is 1. The monoisotopic (exact) mass is 554 g/mol. The van der Waals surface area contributed by atoms with Crippen molar-refractivity contribution in [3.8, 4) is 6.07 Å². The number of amides is 2. The number of nitrogen functional groups attached to an aromatic ring is 1. The van der Waals surface area contributed by atoms with Crippen molar-refractivity contribution < 1.29 is 34.2 Å². The van der Waals surface area contributed by atoms with Gasteiger partial charge in [-0.1, -0.05) is 23.4 Å². The molecule has 3 heterocycles. The smallest absolute Gasteiger partial charge is 0.344 e. The zero-order valence-corrected chi connectivity index (χ0v) is 20.9. The largest absolute Gasteiger partial charge is 0.479 e. The van der Waals surface area contributed by atoms with Gasteiger partial charge in [-0.15, -0.1) is 23.1 Å². The quantitative estimate of drug-likeness (QED) is 0.194. The molecule has 2 atom stereocenters. The molecule has 1 aromatic carbocycles. The van der Waals surface area contributed by atoms with Crippen LogP contribution in [-0.2, 0) is 24.0 Å². The summed E-state index contributed by atoms with van der Waals surface area (Å²) in [5, 5.41) is 34.5. The third-order valence-electron chi connectivity index (χ3n) is 5.35. The number of thioether (sulfide) groups is 1. The molecule has 4 rings (SSSR count). The number of hydrogen-bond donors (Lipinski definition) is 4. The third-order valence-corrected chi connectivity index (χ3v) is 7.31. The highest BCUT2D eigenvalue weighted by molar-refractivity contribution is 8.00. The summed E-state index contributed by atoms with van der Waals surface area (Å²) < 4.78 is 0. The normalized spacial score (nSPS) is 19.0. The minimum Gasteiger partial charge on any atom is -0.479 e. The summed E-state index contributed by atoms with van der Waals surface area (Å²) >= 11 is 2.19. The van der Waals surface area contributed by atoms with Crippen LogP contribution < -0.4 is 11.1 Å². The fourth-order valence-corrected chi connectivity index (χ4v) is 5.47. The van der Waals surface area contributed by atoms with Gasteiger partial charge in [-0.2, -0.15) is 5.26 Å². The Morgan fingerprint density at radius 1 is 1.29 bits per heavy atom. The predicted molar refractivity (Wildman–Crippen MR) is 137 cm³/mol. The highest BCUT2D eigenvalue weighted by Gasteiger charge is 2.53. The average molecular weight is 555 g/mol. The van der Waals surface area contributed by atoms with Crippen molar-refractivity contribution in [2.24, 2.45) is 5.16 Å². The number of carbonyl (C=O) groups is 4. The minimum atomic E-state index is -1.31. The van der Waals surface area contributed by atoms with Crippen molar-refractivity contribution in [2.75, 3.05) is 18.1 Å². The Morgan fingerprint density at radius 2 is 2.03 bits per heavy atom. The van der Waals surface area contributed by atoms with Crippen LogP contribution in [0.25, 0.3) is 6.08 Å². The predicted octanol–water partition coefficient (Wildman–Crippen LogP) is 0.854. The molecule has 38 heavy (non-hydrogen) atoms. The summed E-state index contributed by atoms with van der Waals surface area (Å²) in [6, 6.07) is 7.60. The van der Waals surface area contributed by atoms with Crippen molar-refractivity contribution in [2.45, 2.75) is 11.4 Å². The first-order chi connectivity index (χ1) is 18.2. The zero-order valence-electron chi connectivity index (χ0n) is 19.2. The lowest BCUT2D eigenvalue weighted by Gasteiger charge is -2.49. The molecular weight excluding hydrogens is 536 g/mol. The Kier molecular flexibility index (Phi) is 7.74. The summed E-state index contributed by atoms with van der Waals surface area (Å²) in [5.74, 6) is -3.80. The van der Waals surface area contributed by atoms with Crippen LogP contribution in [0, 0.1) is 11.3 Å². The molecule has 0 saturated carbocycles. The van der Waals surface area contributed by atoms with Crippen molar-refractivity contribution in [3.63, 3.8) is 0 Å². The van der Waals surface area contributed by atoms with E-state index in [1.54, 1.807) is 30.3 Å². The number of hydrogen-bond acceptors (Lipinski definition) is 11. The van der Waals surface area contributed by atoms with E-state index < -0.39 is 41.8 Å². The van der Waals surface area contributed by atoms with E-state index in [0.29, 0.717) is 11.1 Å². The summed E-state index contributed by atoms with van der Waals surface area (Å²) in [5.41, 5.74) is 6.67. The van der Waals surface area contributed by atoms with Gasteiger partial charge < -0.3 is 26.1 Å². The first kappa shape index (κ1) is 26.4. The molecule has 1 saturated heterocycles. The first-order valence-electron chi connectivity index (χ1n) is 10.7. The Hall–Kier alpha value is -4.68. The molecule has 0 bridgehead atoms. The number of nitriles is 1. The van der Waals surface area contributed by atoms with E-state index in [4.69, 9.17) is 20.9 Å². The van der Waals surface area contributed by atoms with E-state index in [-0.39, 0.29) is 33.6 Å². The molecule has 13 nitrogen and oxygen atoms in total. The summed E-state index contributed by atoms with van der Waals surface area (Å²) in [4.78, 5) is 58.7. The highest BCUT2D eigenvalue weighted by atomic mass is 32.2. The number of thiazole rings is 1. The number of nitrogens with zero attached hydrogens (tertiary/aromatic N) is 4. The fourth-order valence-electron chi connectivity index (χ4n) is 3.57. The molecule has 2 aromatic rings. The molecular formula is C23H18N6O7S2. The van der Waals surface area contributed by atoms with Gasteiger partial charge in [0.15, 0.2) is 10.8 Å². The number of carboxylic acid groups (broad SMARTS) is 2. The molecule has 2 amide bonds. The molecule has 2 aliphatic rings. The van der Waals surface area contributed by atoms with E-state index in [1.165, 1.54) is 28.1 Å². The first-order valence-corrected chi connectivity index (χ1v) is 12.7. The maximum Gasteiger partial charge on any atom is 0.344 e. The van der Waals surface area contributed by atoms with E-state index in [2.05, 4.69) is 15.5 Å². The molecule has 5 N–H and O–H groups in total. The summed E-state index contributed by atoms with van der Waals surface area (Å²) in [6.07, 6.45) is 3.14. The van der Waals surface area contributed by atoms with Gasteiger partial charge in [-0.05, 0) is 23.8 Å². The average Bonchev–Trinajstić information content (AvgIpc) is 3.33. The zero-order chi connectivity index (χ0) is 27.4.